The summed E-state index contributed by atoms with van der Waals surface area (Å²) >= 11 is 0. The van der Waals surface area contributed by atoms with Gasteiger partial charge in [0, 0.05) is 12.1 Å². The molecule has 0 saturated heterocycles. The van der Waals surface area contributed by atoms with E-state index in [1.807, 2.05) is 20.8 Å². The highest BCUT2D eigenvalue weighted by Crippen LogP contribution is 2.23. The van der Waals surface area contributed by atoms with Crippen LogP contribution in [0.15, 0.2) is 76.2 Å². The van der Waals surface area contributed by atoms with Crippen LogP contribution in [0.3, 0.4) is 0 Å². The number of hydrogen-bond donors (Lipinski definition) is 1. The largest absolute Gasteiger partial charge is 0.497 e. The van der Waals surface area contributed by atoms with Crippen molar-refractivity contribution in [1.82, 2.24) is 10.2 Å². The first-order valence-corrected chi connectivity index (χ1v) is 11.7. The van der Waals surface area contributed by atoms with Crippen LogP contribution in [0.5, 0.6) is 11.5 Å². The minimum atomic E-state index is -4.03. The molecule has 0 fully saturated rings. The Morgan fingerprint density at radius 2 is 1.73 bits per heavy atom. The molecule has 33 heavy (non-hydrogen) atoms. The van der Waals surface area contributed by atoms with Gasteiger partial charge < -0.3 is 23.6 Å². The number of carbonyl (C=O) groups is 1. The molecule has 0 unspecified atom stereocenters. The molecule has 176 valence electrons. The first-order chi connectivity index (χ1) is 15.6. The fourth-order valence-electron chi connectivity index (χ4n) is 3.02. The van der Waals surface area contributed by atoms with E-state index >= 15 is 0 Å². The normalized spacial score (nSPS) is 11.6. The Morgan fingerprint density at radius 3 is 2.33 bits per heavy atom. The number of benzene rings is 2. The van der Waals surface area contributed by atoms with Crippen LogP contribution in [0.4, 0.5) is 4.79 Å². The fraction of sp³-hybridized carbons (Fsp3) is 0.292. The second-order valence-corrected chi connectivity index (χ2v) is 10.0. The van der Waals surface area contributed by atoms with E-state index in [0.29, 0.717) is 17.1 Å². The average molecular weight is 473 g/mol. The number of methoxy groups -OCH3 is 1. The summed E-state index contributed by atoms with van der Waals surface area (Å²) in [4.78, 5) is 14.5. The maximum absolute atomic E-state index is 12.9. The minimum Gasteiger partial charge on any atom is -0.497 e. The van der Waals surface area contributed by atoms with Crippen molar-refractivity contribution in [2.45, 2.75) is 44.3 Å². The molecular formula is C24H28N2O6S. The Morgan fingerprint density at radius 1 is 1.00 bits per heavy atom. The molecular weight excluding hydrogens is 444 g/mol. The van der Waals surface area contributed by atoms with Gasteiger partial charge in [-0.05, 0) is 74.9 Å². The molecule has 3 rings (SSSR count). The molecule has 3 aromatic rings. The molecule has 0 radical (unpaired) electrons. The van der Waals surface area contributed by atoms with E-state index in [0.717, 1.165) is 0 Å². The number of furan rings is 1. The zero-order chi connectivity index (χ0) is 24.1. The van der Waals surface area contributed by atoms with Crippen molar-refractivity contribution in [3.05, 3.63) is 78.3 Å². The second-order valence-electron chi connectivity index (χ2n) is 8.48. The van der Waals surface area contributed by atoms with Gasteiger partial charge in [-0.25, -0.2) is 4.79 Å². The molecule has 2 aromatic carbocycles. The predicted octanol–water partition coefficient (Wildman–Crippen LogP) is 4.57. The van der Waals surface area contributed by atoms with E-state index in [1.165, 1.54) is 19.2 Å². The first-order valence-electron chi connectivity index (χ1n) is 10.3. The smallest absolute Gasteiger partial charge is 0.339 e. The van der Waals surface area contributed by atoms with Gasteiger partial charge in [-0.1, -0.05) is 12.1 Å². The zero-order valence-electron chi connectivity index (χ0n) is 19.1. The van der Waals surface area contributed by atoms with Gasteiger partial charge in [-0.2, -0.15) is 8.42 Å². The standard InChI is InChI=1S/C24H28N2O6S/c1-24(2,3)25-23(27)26(17-21-9-6-14-31-21)16-18-7-5-8-20(15-18)32-33(28,29)22-12-10-19(30-4)11-13-22/h5-15H,16-17H2,1-4H3,(H,25,27). The Balaban J connectivity index is 1.78. The van der Waals surface area contributed by atoms with Crippen molar-refractivity contribution in [3.8, 4) is 11.5 Å². The molecule has 0 saturated carbocycles. The van der Waals surface area contributed by atoms with Gasteiger partial charge in [0.25, 0.3) is 0 Å². The summed E-state index contributed by atoms with van der Waals surface area (Å²) in [5.74, 6) is 1.33. The number of amides is 2. The average Bonchev–Trinajstić information content (AvgIpc) is 3.25. The third-order valence-electron chi connectivity index (χ3n) is 4.52. The van der Waals surface area contributed by atoms with Crippen molar-refractivity contribution >= 4 is 16.1 Å². The molecule has 8 nitrogen and oxygen atoms in total. The second kappa shape index (κ2) is 9.99. The Kier molecular flexibility index (Phi) is 7.33. The summed E-state index contributed by atoms with van der Waals surface area (Å²) < 4.78 is 41.1. The number of hydrogen-bond acceptors (Lipinski definition) is 6. The van der Waals surface area contributed by atoms with Crippen molar-refractivity contribution < 1.29 is 26.5 Å². The van der Waals surface area contributed by atoms with E-state index in [-0.39, 0.29) is 29.8 Å². The zero-order valence-corrected chi connectivity index (χ0v) is 19.9. The molecule has 1 aromatic heterocycles. The van der Waals surface area contributed by atoms with Crippen LogP contribution in [-0.4, -0.2) is 32.0 Å². The van der Waals surface area contributed by atoms with E-state index in [1.54, 1.807) is 59.7 Å². The quantitative estimate of drug-likeness (QED) is 0.483. The highest BCUT2D eigenvalue weighted by molar-refractivity contribution is 7.87. The van der Waals surface area contributed by atoms with Crippen LogP contribution in [0.2, 0.25) is 0 Å². The number of nitrogens with one attached hydrogen (secondary N) is 1. The number of rotatable bonds is 8. The molecule has 0 aliphatic carbocycles. The number of carbonyl (C=O) groups excluding carboxylic acids is 1. The van der Waals surface area contributed by atoms with E-state index in [2.05, 4.69) is 5.32 Å². The highest BCUT2D eigenvalue weighted by Gasteiger charge is 2.22. The third kappa shape index (κ3) is 7.01. The van der Waals surface area contributed by atoms with Gasteiger partial charge in [0.15, 0.2) is 0 Å². The van der Waals surface area contributed by atoms with Crippen molar-refractivity contribution in [3.63, 3.8) is 0 Å². The van der Waals surface area contributed by atoms with Crippen molar-refractivity contribution in [2.75, 3.05) is 7.11 Å². The molecule has 2 amide bonds. The number of ether oxygens (including phenoxy) is 1. The number of nitrogens with zero attached hydrogens (tertiary/aromatic N) is 1. The monoisotopic (exact) mass is 472 g/mol. The summed E-state index contributed by atoms with van der Waals surface area (Å²) in [6.45, 7) is 6.17. The lowest BCUT2D eigenvalue weighted by molar-refractivity contribution is 0.178. The van der Waals surface area contributed by atoms with Crippen LogP contribution < -0.4 is 14.2 Å². The topological polar surface area (TPSA) is 98.1 Å². The van der Waals surface area contributed by atoms with Gasteiger partial charge in [0.2, 0.25) is 0 Å². The molecule has 1 N–H and O–H groups in total. The molecule has 0 aliphatic rings. The number of urea groups is 1. The third-order valence-corrected chi connectivity index (χ3v) is 5.78. The Labute approximate surface area is 194 Å². The minimum absolute atomic E-state index is 0.0118. The van der Waals surface area contributed by atoms with E-state index < -0.39 is 15.7 Å². The molecule has 0 aliphatic heterocycles. The van der Waals surface area contributed by atoms with Gasteiger partial charge in [0.1, 0.15) is 22.2 Å². The maximum Gasteiger partial charge on any atom is 0.339 e. The van der Waals surface area contributed by atoms with E-state index in [9.17, 15) is 13.2 Å². The van der Waals surface area contributed by atoms with Crippen molar-refractivity contribution in [2.24, 2.45) is 0 Å². The first kappa shape index (κ1) is 24.2. The van der Waals surface area contributed by atoms with Crippen LogP contribution in [0, 0.1) is 0 Å². The van der Waals surface area contributed by atoms with Gasteiger partial charge >= 0.3 is 16.1 Å². The van der Waals surface area contributed by atoms with Crippen LogP contribution in [0.25, 0.3) is 0 Å². The summed E-state index contributed by atoms with van der Waals surface area (Å²) in [6.07, 6.45) is 1.55. The molecule has 1 heterocycles. The highest BCUT2D eigenvalue weighted by atomic mass is 32.2. The van der Waals surface area contributed by atoms with Gasteiger partial charge in [0.05, 0.1) is 19.9 Å². The van der Waals surface area contributed by atoms with Gasteiger partial charge in [-0.3, -0.25) is 0 Å². The molecule has 0 bridgehead atoms. The summed E-state index contributed by atoms with van der Waals surface area (Å²) in [5.41, 5.74) is 0.281. The Bertz CT molecular complexity index is 1170. The molecule has 0 atom stereocenters. The lowest BCUT2D eigenvalue weighted by atomic mass is 10.1. The van der Waals surface area contributed by atoms with Crippen molar-refractivity contribution in [1.29, 1.82) is 0 Å². The lowest BCUT2D eigenvalue weighted by Gasteiger charge is -2.28. The summed E-state index contributed by atoms with van der Waals surface area (Å²) in [5, 5.41) is 2.94. The van der Waals surface area contributed by atoms with Crippen LogP contribution >= 0.6 is 0 Å². The fourth-order valence-corrected chi connectivity index (χ4v) is 3.95. The van der Waals surface area contributed by atoms with Crippen LogP contribution in [0.1, 0.15) is 32.1 Å². The summed E-state index contributed by atoms with van der Waals surface area (Å²) in [6, 6.07) is 15.8. The predicted molar refractivity (Wildman–Crippen MR) is 123 cm³/mol. The maximum atomic E-state index is 12.9. The molecule has 0 spiro atoms. The SMILES string of the molecule is COc1ccc(S(=O)(=O)Oc2cccc(CN(Cc3ccco3)C(=O)NC(C)(C)C)c2)cc1. The molecule has 9 heteroatoms. The van der Waals surface area contributed by atoms with Crippen LogP contribution in [-0.2, 0) is 23.2 Å². The Hall–Kier alpha value is -3.46. The van der Waals surface area contributed by atoms with Gasteiger partial charge in [-0.15, -0.1) is 0 Å². The van der Waals surface area contributed by atoms with E-state index in [4.69, 9.17) is 13.3 Å². The summed E-state index contributed by atoms with van der Waals surface area (Å²) in [7, 11) is -2.53. The lowest BCUT2D eigenvalue weighted by Crippen LogP contribution is -2.47.